The molecule has 0 aromatic rings. The van der Waals surface area contributed by atoms with Crippen molar-refractivity contribution in [2.24, 2.45) is 5.92 Å². The summed E-state index contributed by atoms with van der Waals surface area (Å²) in [5.74, 6) is 1.08. The van der Waals surface area contributed by atoms with E-state index < -0.39 is 0 Å². The molecule has 0 aliphatic rings. The molecule has 0 aromatic heterocycles. The molecule has 0 spiro atoms. The molecule has 0 N–H and O–H groups in total. The summed E-state index contributed by atoms with van der Waals surface area (Å²) in [5.41, 5.74) is 0. The molecule has 0 fully saturated rings. The largest absolute Gasteiger partial charge is 0.385 e. The molecule has 1 unspecified atom stereocenters. The van der Waals surface area contributed by atoms with Gasteiger partial charge in [0.15, 0.2) is 0 Å². The van der Waals surface area contributed by atoms with E-state index in [0.29, 0.717) is 18.1 Å². The van der Waals surface area contributed by atoms with E-state index in [1.807, 2.05) is 6.92 Å². The Morgan fingerprint density at radius 3 is 2.43 bits per heavy atom. The van der Waals surface area contributed by atoms with E-state index in [1.165, 1.54) is 0 Å². The average Bonchev–Trinajstić information content (AvgIpc) is 2.09. The number of methoxy groups -OCH3 is 1. The zero-order valence-electron chi connectivity index (χ0n) is 9.92. The summed E-state index contributed by atoms with van der Waals surface area (Å²) in [6, 6.07) is 0. The van der Waals surface area contributed by atoms with E-state index in [0.717, 1.165) is 6.42 Å². The van der Waals surface area contributed by atoms with Crippen LogP contribution < -0.4 is 0 Å². The predicted octanol–water partition coefficient (Wildman–Crippen LogP) is 2.76. The first-order valence-corrected chi connectivity index (χ1v) is 6.01. The van der Waals surface area contributed by atoms with Crippen LogP contribution in [0, 0.1) is 5.92 Å². The van der Waals surface area contributed by atoms with Gasteiger partial charge in [-0.2, -0.15) is 0 Å². The Labute approximate surface area is 91.8 Å². The lowest BCUT2D eigenvalue weighted by molar-refractivity contribution is -0.120. The van der Waals surface area contributed by atoms with Gasteiger partial charge in [0.2, 0.25) is 0 Å². The van der Waals surface area contributed by atoms with Crippen LogP contribution in [0.5, 0.6) is 0 Å². The quantitative estimate of drug-likeness (QED) is 0.685. The second kappa shape index (κ2) is 6.46. The lowest BCUT2D eigenvalue weighted by Crippen LogP contribution is -2.19. The normalized spacial score (nSPS) is 14.1. The molecule has 0 aromatic carbocycles. The fourth-order valence-corrected chi connectivity index (χ4v) is 1.75. The van der Waals surface area contributed by atoms with Gasteiger partial charge in [0, 0.05) is 24.4 Å². The zero-order chi connectivity index (χ0) is 11.2. The van der Waals surface area contributed by atoms with Crippen LogP contribution in [0.2, 0.25) is 0 Å². The van der Waals surface area contributed by atoms with Gasteiger partial charge in [-0.3, -0.25) is 4.79 Å². The topological polar surface area (TPSA) is 26.3 Å². The summed E-state index contributed by atoms with van der Waals surface area (Å²) in [6.45, 7) is 9.04. The van der Waals surface area contributed by atoms with Gasteiger partial charge in [0.25, 0.3) is 0 Å². The molecule has 0 saturated heterocycles. The summed E-state index contributed by atoms with van der Waals surface area (Å²) < 4.78 is 5.13. The first-order chi connectivity index (χ1) is 6.37. The Balaban J connectivity index is 3.73. The minimum Gasteiger partial charge on any atom is -0.385 e. The molecule has 14 heavy (non-hydrogen) atoms. The molecule has 84 valence electrons. The summed E-state index contributed by atoms with van der Waals surface area (Å²) in [6.07, 6.45) is 0.833. The lowest BCUT2D eigenvalue weighted by atomic mass is 10.0. The Kier molecular flexibility index (Phi) is 6.45. The van der Waals surface area contributed by atoms with Crippen LogP contribution in [0.3, 0.4) is 0 Å². The minimum atomic E-state index is 0.129. The minimum absolute atomic E-state index is 0.129. The van der Waals surface area contributed by atoms with Crippen LogP contribution in [-0.4, -0.2) is 30.0 Å². The molecule has 0 aliphatic carbocycles. The third kappa shape index (κ3) is 7.39. The first kappa shape index (κ1) is 14.0. The lowest BCUT2D eigenvalue weighted by Gasteiger charge is -2.18. The highest BCUT2D eigenvalue weighted by Crippen LogP contribution is 2.24. The maximum Gasteiger partial charge on any atom is 0.145 e. The van der Waals surface area contributed by atoms with E-state index in [2.05, 4.69) is 20.8 Å². The van der Waals surface area contributed by atoms with E-state index in [-0.39, 0.29) is 10.7 Å². The number of carbonyl (C=O) groups is 1. The van der Waals surface area contributed by atoms with Gasteiger partial charge in [0.1, 0.15) is 5.78 Å². The van der Waals surface area contributed by atoms with Crippen molar-refractivity contribution >= 4 is 17.5 Å². The zero-order valence-corrected chi connectivity index (χ0v) is 10.7. The van der Waals surface area contributed by atoms with Crippen molar-refractivity contribution < 1.29 is 9.53 Å². The van der Waals surface area contributed by atoms with Gasteiger partial charge in [-0.1, -0.05) is 27.7 Å². The van der Waals surface area contributed by atoms with E-state index in [1.54, 1.807) is 18.9 Å². The fourth-order valence-electron chi connectivity index (χ4n) is 0.886. The van der Waals surface area contributed by atoms with Crippen LogP contribution in [0.15, 0.2) is 0 Å². The van der Waals surface area contributed by atoms with Gasteiger partial charge >= 0.3 is 0 Å². The maximum absolute atomic E-state index is 11.6. The third-order valence-electron chi connectivity index (χ3n) is 1.95. The van der Waals surface area contributed by atoms with Crippen molar-refractivity contribution in [3.05, 3.63) is 0 Å². The molecule has 0 amide bonds. The van der Waals surface area contributed by atoms with Crippen molar-refractivity contribution in [1.82, 2.24) is 0 Å². The predicted molar refractivity (Wildman–Crippen MR) is 62.9 cm³/mol. The van der Waals surface area contributed by atoms with Crippen molar-refractivity contribution in [1.29, 1.82) is 0 Å². The van der Waals surface area contributed by atoms with Crippen LogP contribution in [-0.2, 0) is 9.53 Å². The second-order valence-electron chi connectivity index (χ2n) is 4.55. The highest BCUT2D eigenvalue weighted by atomic mass is 32.2. The monoisotopic (exact) mass is 218 g/mol. The molecule has 0 aliphatic heterocycles. The molecule has 0 saturated carbocycles. The summed E-state index contributed by atoms with van der Waals surface area (Å²) in [4.78, 5) is 11.6. The van der Waals surface area contributed by atoms with Crippen LogP contribution in [0.1, 0.15) is 34.1 Å². The molecule has 2 nitrogen and oxygen atoms in total. The summed E-state index contributed by atoms with van der Waals surface area (Å²) >= 11 is 1.71. The number of rotatable bonds is 6. The highest BCUT2D eigenvalue weighted by Gasteiger charge is 2.17. The number of ketones is 1. The summed E-state index contributed by atoms with van der Waals surface area (Å²) in [5, 5.41) is 0. The second-order valence-corrected chi connectivity index (χ2v) is 6.35. The maximum atomic E-state index is 11.6. The van der Waals surface area contributed by atoms with Gasteiger partial charge < -0.3 is 4.74 Å². The number of ether oxygens (including phenoxy) is 1. The van der Waals surface area contributed by atoms with Crippen molar-refractivity contribution in [3.8, 4) is 0 Å². The van der Waals surface area contributed by atoms with E-state index >= 15 is 0 Å². The Morgan fingerprint density at radius 1 is 1.43 bits per heavy atom. The Hall–Kier alpha value is -0.0200. The van der Waals surface area contributed by atoms with Crippen LogP contribution >= 0.6 is 11.8 Å². The molecule has 1 atom stereocenters. The Bertz CT molecular complexity index is 173. The molecule has 0 heterocycles. The van der Waals surface area contributed by atoms with Crippen molar-refractivity contribution in [2.75, 3.05) is 19.5 Å². The van der Waals surface area contributed by atoms with Gasteiger partial charge in [0.05, 0.1) is 5.75 Å². The molecule has 0 bridgehead atoms. The smallest absolute Gasteiger partial charge is 0.145 e. The van der Waals surface area contributed by atoms with Crippen LogP contribution in [0.25, 0.3) is 0 Å². The number of Topliss-reactive ketones (excluding diaryl/α,β-unsaturated/α-hetero) is 1. The fraction of sp³-hybridized carbons (Fsp3) is 0.909. The molecule has 0 rings (SSSR count). The van der Waals surface area contributed by atoms with E-state index in [4.69, 9.17) is 4.74 Å². The third-order valence-corrected chi connectivity index (χ3v) is 3.25. The molecule has 0 radical (unpaired) electrons. The standard InChI is InChI=1S/C11H22O2S/c1-9(6-7-13-5)10(12)8-14-11(2,3)4/h9H,6-8H2,1-5H3. The number of hydrogen-bond acceptors (Lipinski definition) is 3. The molecule has 3 heteroatoms. The van der Waals surface area contributed by atoms with Gasteiger partial charge in [-0.15, -0.1) is 11.8 Å². The number of hydrogen-bond donors (Lipinski definition) is 0. The average molecular weight is 218 g/mol. The van der Waals surface area contributed by atoms with Gasteiger partial charge in [-0.05, 0) is 6.42 Å². The Morgan fingerprint density at radius 2 is 2.00 bits per heavy atom. The number of thioether (sulfide) groups is 1. The van der Waals surface area contributed by atoms with Crippen molar-refractivity contribution in [2.45, 2.75) is 38.9 Å². The summed E-state index contributed by atoms with van der Waals surface area (Å²) in [7, 11) is 1.67. The first-order valence-electron chi connectivity index (χ1n) is 5.02. The van der Waals surface area contributed by atoms with Crippen LogP contribution in [0.4, 0.5) is 0 Å². The van der Waals surface area contributed by atoms with Crippen molar-refractivity contribution in [3.63, 3.8) is 0 Å². The number of carbonyl (C=O) groups excluding carboxylic acids is 1. The molecular weight excluding hydrogens is 196 g/mol. The highest BCUT2D eigenvalue weighted by molar-refractivity contribution is 8.01. The van der Waals surface area contributed by atoms with Gasteiger partial charge in [-0.25, -0.2) is 0 Å². The van der Waals surface area contributed by atoms with E-state index in [9.17, 15) is 4.79 Å². The molecular formula is C11H22O2S. The SMILES string of the molecule is COCCC(C)C(=O)CSC(C)(C)C.